The molecule has 0 saturated carbocycles. The Bertz CT molecular complexity index is 1460. The largest absolute Gasteiger partial charge is 0.497 e. The summed E-state index contributed by atoms with van der Waals surface area (Å²) in [6, 6.07) is 17.2. The number of para-hydroxylation sites is 1. The Morgan fingerprint density at radius 2 is 1.68 bits per heavy atom. The Kier molecular flexibility index (Phi) is 5.75. The second kappa shape index (κ2) is 9.24. The zero-order valence-corrected chi connectivity index (χ0v) is 20.9. The van der Waals surface area contributed by atoms with Crippen LogP contribution in [-0.4, -0.2) is 76.0 Å². The van der Waals surface area contributed by atoms with E-state index in [1.807, 2.05) is 65.0 Å². The first-order valence-corrected chi connectivity index (χ1v) is 12.4. The molecule has 2 aliphatic heterocycles. The Morgan fingerprint density at radius 3 is 2.38 bits per heavy atom. The first-order valence-electron chi connectivity index (χ1n) is 12.4. The number of aromatic nitrogens is 3. The van der Waals surface area contributed by atoms with Crippen molar-refractivity contribution in [3.63, 3.8) is 0 Å². The molecule has 2 aromatic heterocycles. The lowest BCUT2D eigenvalue weighted by atomic mass is 9.98. The lowest BCUT2D eigenvalue weighted by Crippen LogP contribution is -2.52. The molecule has 1 atom stereocenters. The lowest BCUT2D eigenvalue weighted by Gasteiger charge is -2.36. The Hall–Kier alpha value is -4.40. The van der Waals surface area contributed by atoms with Gasteiger partial charge < -0.3 is 24.0 Å². The molecule has 0 radical (unpaired) electrons. The third-order valence-electron chi connectivity index (χ3n) is 7.40. The first-order chi connectivity index (χ1) is 18.1. The fourth-order valence-electron chi connectivity index (χ4n) is 5.52. The minimum atomic E-state index is -0.359. The number of hydrogen-bond donors (Lipinski definition) is 0. The minimum absolute atomic E-state index is 0.0143. The number of rotatable bonds is 5. The standard InChI is InChI=1S/C28H28N6O3/c1-31-22-7-4-3-6-21(22)24-25(19-8-10-20(37-2)11-9-19)34(27(36)26(24)31)18-23(35)32-14-16-33(17-15-32)28-29-12-5-13-30-28/h3-13,25H,14-18H2,1-2H3/t25-/m1/s1. The highest BCUT2D eigenvalue weighted by atomic mass is 16.5. The maximum absolute atomic E-state index is 13.8. The average Bonchev–Trinajstić information content (AvgIpc) is 3.41. The van der Waals surface area contributed by atoms with Crippen molar-refractivity contribution in [3.05, 3.63) is 83.8 Å². The van der Waals surface area contributed by atoms with Crippen molar-refractivity contribution in [3.8, 4) is 5.75 Å². The molecule has 0 spiro atoms. The maximum Gasteiger partial charge on any atom is 0.272 e. The van der Waals surface area contributed by atoms with Gasteiger partial charge in [-0.2, -0.15) is 0 Å². The third-order valence-corrected chi connectivity index (χ3v) is 7.40. The van der Waals surface area contributed by atoms with Crippen LogP contribution in [0.3, 0.4) is 0 Å². The molecule has 2 aliphatic rings. The van der Waals surface area contributed by atoms with Crippen LogP contribution in [0.5, 0.6) is 5.75 Å². The van der Waals surface area contributed by atoms with Crippen LogP contribution in [0.1, 0.15) is 27.7 Å². The fourth-order valence-corrected chi connectivity index (χ4v) is 5.52. The number of nitrogens with zero attached hydrogens (tertiary/aromatic N) is 6. The van der Waals surface area contributed by atoms with Crippen LogP contribution in [0.15, 0.2) is 67.0 Å². The Labute approximate surface area is 214 Å². The molecule has 1 fully saturated rings. The van der Waals surface area contributed by atoms with Crippen LogP contribution in [0.2, 0.25) is 0 Å². The highest BCUT2D eigenvalue weighted by molar-refractivity contribution is 6.07. The molecule has 188 valence electrons. The molecule has 6 rings (SSSR count). The van der Waals surface area contributed by atoms with E-state index in [0.717, 1.165) is 27.8 Å². The van der Waals surface area contributed by atoms with E-state index >= 15 is 0 Å². The molecule has 0 N–H and O–H groups in total. The summed E-state index contributed by atoms with van der Waals surface area (Å²) >= 11 is 0. The number of carbonyl (C=O) groups excluding carboxylic acids is 2. The zero-order valence-electron chi connectivity index (χ0n) is 20.9. The van der Waals surface area contributed by atoms with Gasteiger partial charge in [-0.3, -0.25) is 9.59 Å². The summed E-state index contributed by atoms with van der Waals surface area (Å²) in [5.41, 5.74) is 3.54. The van der Waals surface area contributed by atoms with E-state index in [4.69, 9.17) is 4.74 Å². The first kappa shape index (κ1) is 23.0. The molecule has 0 aliphatic carbocycles. The summed E-state index contributed by atoms with van der Waals surface area (Å²) in [5, 5.41) is 1.03. The molecule has 0 bridgehead atoms. The molecule has 2 amide bonds. The molecule has 4 aromatic rings. The number of amides is 2. The van der Waals surface area contributed by atoms with Crippen LogP contribution >= 0.6 is 0 Å². The molecular weight excluding hydrogens is 468 g/mol. The van der Waals surface area contributed by atoms with Crippen LogP contribution in [0, 0.1) is 0 Å². The summed E-state index contributed by atoms with van der Waals surface area (Å²) < 4.78 is 7.30. The smallest absolute Gasteiger partial charge is 0.272 e. The van der Waals surface area contributed by atoms with E-state index in [-0.39, 0.29) is 24.4 Å². The SMILES string of the molecule is COc1ccc([C@@H]2c3c(n(C)c4ccccc34)C(=O)N2CC(=O)N2CCN(c3ncccn3)CC2)cc1. The third kappa shape index (κ3) is 3.87. The van der Waals surface area contributed by atoms with E-state index in [1.165, 1.54) is 0 Å². The number of anilines is 1. The second-order valence-electron chi connectivity index (χ2n) is 9.36. The molecule has 9 nitrogen and oxygen atoms in total. The molecule has 37 heavy (non-hydrogen) atoms. The summed E-state index contributed by atoms with van der Waals surface area (Å²) in [6.45, 7) is 2.43. The molecular formula is C28H28N6O3. The number of piperazine rings is 1. The summed E-state index contributed by atoms with van der Waals surface area (Å²) in [7, 11) is 3.55. The van der Waals surface area contributed by atoms with Gasteiger partial charge in [-0.25, -0.2) is 9.97 Å². The van der Waals surface area contributed by atoms with Gasteiger partial charge in [0, 0.05) is 62.1 Å². The van der Waals surface area contributed by atoms with E-state index in [9.17, 15) is 9.59 Å². The van der Waals surface area contributed by atoms with Crippen molar-refractivity contribution in [1.29, 1.82) is 0 Å². The Balaban J connectivity index is 1.29. The summed E-state index contributed by atoms with van der Waals surface area (Å²) in [4.78, 5) is 41.6. The van der Waals surface area contributed by atoms with Crippen molar-refractivity contribution in [2.75, 3.05) is 44.7 Å². The predicted octanol–water partition coefficient (Wildman–Crippen LogP) is 2.87. The van der Waals surface area contributed by atoms with Crippen molar-refractivity contribution in [1.82, 2.24) is 24.3 Å². The van der Waals surface area contributed by atoms with Crippen molar-refractivity contribution in [2.24, 2.45) is 7.05 Å². The number of aryl methyl sites for hydroxylation is 1. The van der Waals surface area contributed by atoms with Gasteiger partial charge >= 0.3 is 0 Å². The van der Waals surface area contributed by atoms with Gasteiger partial charge in [0.15, 0.2) is 0 Å². The number of carbonyl (C=O) groups is 2. The summed E-state index contributed by atoms with van der Waals surface area (Å²) in [5.74, 6) is 1.23. The zero-order chi connectivity index (χ0) is 25.5. The quantitative estimate of drug-likeness (QED) is 0.423. The van der Waals surface area contributed by atoms with Crippen molar-refractivity contribution < 1.29 is 14.3 Å². The molecule has 1 saturated heterocycles. The molecule has 2 aromatic carbocycles. The van der Waals surface area contributed by atoms with Gasteiger partial charge in [0.25, 0.3) is 5.91 Å². The second-order valence-corrected chi connectivity index (χ2v) is 9.36. The summed E-state index contributed by atoms with van der Waals surface area (Å²) in [6.07, 6.45) is 3.44. The predicted molar refractivity (Wildman–Crippen MR) is 140 cm³/mol. The van der Waals surface area contributed by atoms with Crippen molar-refractivity contribution in [2.45, 2.75) is 6.04 Å². The lowest BCUT2D eigenvalue weighted by molar-refractivity contribution is -0.132. The highest BCUT2D eigenvalue weighted by Gasteiger charge is 2.43. The van der Waals surface area contributed by atoms with Gasteiger partial charge in [-0.05, 0) is 29.8 Å². The molecule has 0 unspecified atom stereocenters. The van der Waals surface area contributed by atoms with E-state index < -0.39 is 0 Å². The van der Waals surface area contributed by atoms with Crippen molar-refractivity contribution >= 4 is 28.7 Å². The van der Waals surface area contributed by atoms with E-state index in [0.29, 0.717) is 37.8 Å². The van der Waals surface area contributed by atoms with E-state index in [2.05, 4.69) is 14.9 Å². The monoisotopic (exact) mass is 496 g/mol. The molecule has 9 heteroatoms. The topological polar surface area (TPSA) is 83.8 Å². The van der Waals surface area contributed by atoms with Gasteiger partial charge in [0.2, 0.25) is 11.9 Å². The van der Waals surface area contributed by atoms with Crippen LogP contribution in [0.4, 0.5) is 5.95 Å². The van der Waals surface area contributed by atoms with Gasteiger partial charge in [0.1, 0.15) is 18.0 Å². The van der Waals surface area contributed by atoms with Crippen LogP contribution in [0.25, 0.3) is 10.9 Å². The Morgan fingerprint density at radius 1 is 0.973 bits per heavy atom. The normalized spacial score (nSPS) is 17.4. The number of ether oxygens (including phenoxy) is 1. The van der Waals surface area contributed by atoms with E-state index in [1.54, 1.807) is 30.5 Å². The fraction of sp³-hybridized carbons (Fsp3) is 0.286. The number of methoxy groups -OCH3 is 1. The maximum atomic E-state index is 13.8. The van der Waals surface area contributed by atoms with Gasteiger partial charge in [0.05, 0.1) is 13.2 Å². The number of hydrogen-bond acceptors (Lipinski definition) is 6. The molecule has 4 heterocycles. The number of benzene rings is 2. The average molecular weight is 497 g/mol. The van der Waals surface area contributed by atoms with Gasteiger partial charge in [-0.1, -0.05) is 30.3 Å². The minimum Gasteiger partial charge on any atom is -0.497 e. The number of fused-ring (bicyclic) bond motifs is 3. The van der Waals surface area contributed by atoms with Crippen LogP contribution in [-0.2, 0) is 11.8 Å². The van der Waals surface area contributed by atoms with Gasteiger partial charge in [-0.15, -0.1) is 0 Å². The highest BCUT2D eigenvalue weighted by Crippen LogP contribution is 2.44. The van der Waals surface area contributed by atoms with Crippen LogP contribution < -0.4 is 9.64 Å².